The van der Waals surface area contributed by atoms with Crippen molar-refractivity contribution < 1.29 is 21.6 Å². The van der Waals surface area contributed by atoms with E-state index in [1.54, 1.807) is 46.0 Å². The maximum atomic E-state index is 13.1. The molecule has 20 nitrogen and oxygen atoms in total. The van der Waals surface area contributed by atoms with Crippen molar-refractivity contribution in [2.24, 2.45) is 19.1 Å². The van der Waals surface area contributed by atoms with E-state index in [-0.39, 0.29) is 16.0 Å². The molecule has 22 heteroatoms. The van der Waals surface area contributed by atoms with Crippen molar-refractivity contribution in [2.75, 3.05) is 29.8 Å². The number of nitrogens with zero attached hydrogens (tertiary/aromatic N) is 13. The van der Waals surface area contributed by atoms with E-state index in [1.807, 2.05) is 106 Å². The highest BCUT2D eigenvalue weighted by Gasteiger charge is 2.27. The van der Waals surface area contributed by atoms with Crippen molar-refractivity contribution >= 4 is 65.0 Å². The van der Waals surface area contributed by atoms with Crippen molar-refractivity contribution in [3.8, 4) is 22.5 Å². The van der Waals surface area contributed by atoms with Gasteiger partial charge in [-0.3, -0.25) is 43.8 Å². The molecule has 1 saturated heterocycles. The summed E-state index contributed by atoms with van der Waals surface area (Å²) in [7, 11) is -3.47. The van der Waals surface area contributed by atoms with Gasteiger partial charge in [-0.1, -0.05) is 12.1 Å². The average Bonchev–Trinajstić information content (AvgIpc) is 4.32. The summed E-state index contributed by atoms with van der Waals surface area (Å²) in [6.45, 7) is 16.3. The Hall–Kier alpha value is -8.08. The van der Waals surface area contributed by atoms with Gasteiger partial charge in [0.2, 0.25) is 0 Å². The molecule has 9 heterocycles. The highest BCUT2D eigenvalue weighted by Crippen LogP contribution is 2.40. The summed E-state index contributed by atoms with van der Waals surface area (Å²) in [6.07, 6.45) is 14.2. The predicted octanol–water partition coefficient (Wildman–Crippen LogP) is 9.88. The smallest absolute Gasteiger partial charge is 0.177 e. The molecule has 2 aliphatic rings. The molecule has 1 fully saturated rings. The summed E-state index contributed by atoms with van der Waals surface area (Å²) < 4.78 is 63.5. The summed E-state index contributed by atoms with van der Waals surface area (Å²) in [4.78, 5) is 38.1. The van der Waals surface area contributed by atoms with E-state index in [1.165, 1.54) is 12.5 Å². The first kappa shape index (κ1) is 55.2. The van der Waals surface area contributed by atoms with Gasteiger partial charge < -0.3 is 15.4 Å². The minimum absolute atomic E-state index is 0.164. The van der Waals surface area contributed by atoms with Crippen LogP contribution in [0.15, 0.2) is 88.1 Å². The lowest BCUT2D eigenvalue weighted by Crippen LogP contribution is -2.19. The lowest BCUT2D eigenvalue weighted by atomic mass is 10.1. The zero-order chi connectivity index (χ0) is 56.9. The van der Waals surface area contributed by atoms with Crippen molar-refractivity contribution in [1.82, 2.24) is 59.0 Å². The number of hydrogen-bond acceptors (Lipinski definition) is 17. The van der Waals surface area contributed by atoms with Crippen molar-refractivity contribution in [3.63, 3.8) is 0 Å². The lowest BCUT2D eigenvalue weighted by molar-refractivity contribution is -0.0309. The number of hydrogen-bond donors (Lipinski definition) is 2. The maximum Gasteiger partial charge on any atom is 0.177 e. The number of benzene rings is 2. The molecule has 80 heavy (non-hydrogen) atoms. The van der Waals surface area contributed by atoms with E-state index in [9.17, 15) is 16.8 Å². The third-order valence-electron chi connectivity index (χ3n) is 14.2. The number of rotatable bonds is 13. The molecule has 0 bridgehead atoms. The summed E-state index contributed by atoms with van der Waals surface area (Å²) in [5.41, 5.74) is 17.8. The van der Waals surface area contributed by atoms with Gasteiger partial charge in [-0.05, 0) is 122 Å². The van der Waals surface area contributed by atoms with Crippen LogP contribution in [0.4, 0.5) is 28.4 Å². The fraction of sp³-hybridized carbons (Fsp3) is 0.345. The normalized spacial score (nSPS) is 14.4. The molecular formula is C58H65N15O5S2. The molecule has 0 saturated carbocycles. The molecule has 2 aliphatic heterocycles. The fourth-order valence-corrected chi connectivity index (χ4v) is 11.9. The number of pyridine rings is 2. The Labute approximate surface area is 466 Å². The Kier molecular flexibility index (Phi) is 15.1. The summed E-state index contributed by atoms with van der Waals surface area (Å²) in [5.74, 6) is 0.782. The molecule has 414 valence electrons. The maximum absolute atomic E-state index is 13.1. The van der Waals surface area contributed by atoms with Gasteiger partial charge in [-0.25, -0.2) is 26.8 Å². The zero-order valence-electron chi connectivity index (χ0n) is 47.1. The molecule has 1 atom stereocenters. The minimum Gasteiger partial charge on any atom is -0.358 e. The first-order valence-corrected chi connectivity index (χ1v) is 30.1. The molecule has 1 unspecified atom stereocenters. The highest BCUT2D eigenvalue weighted by molar-refractivity contribution is 7.91. The van der Waals surface area contributed by atoms with Gasteiger partial charge >= 0.3 is 0 Å². The van der Waals surface area contributed by atoms with E-state index >= 15 is 0 Å². The van der Waals surface area contributed by atoms with Gasteiger partial charge in [0.25, 0.3) is 0 Å². The predicted molar refractivity (Wildman–Crippen MR) is 310 cm³/mol. The fourth-order valence-electron chi connectivity index (χ4n) is 10.2. The standard InChI is InChI=1S/C31H36N8O3S.C27H29N7O2S/c1-18-17-38(5)37-29(18)22-10-11-25(27(13-22)43(6,40)41)36-26-15-23(14-24-16-32-19(2)20(3)33-24)35-31-30(26)34-21(4)39(31)28-9-7-8-12-42-28;1-15-14-34(5)33-26(15)19-7-8-22(25(10-19)37(6,35)36)32-24-12-20(31-23-9-16(2)29-27(23)24)11-21-13-28-17(3)18(4)30-21/h10-11,13,15-17,28H,7-9,12,14H2,1-6H3,(H,35,36);7-8,10,12-14H,9,11H2,1-6H3,(H,31,32). The van der Waals surface area contributed by atoms with Crippen LogP contribution >= 0.6 is 0 Å². The van der Waals surface area contributed by atoms with Crippen LogP contribution in [0.5, 0.6) is 0 Å². The van der Waals surface area contributed by atoms with Gasteiger partial charge in [0.05, 0.1) is 89.5 Å². The number of aromatic nitrogens is 12. The summed E-state index contributed by atoms with van der Waals surface area (Å²) in [5, 5.41) is 15.8. The van der Waals surface area contributed by atoms with E-state index in [0.717, 1.165) is 121 Å². The molecule has 0 amide bonds. The molecular weight excluding hydrogens is 1050 g/mol. The van der Waals surface area contributed by atoms with E-state index in [0.29, 0.717) is 59.8 Å². The minimum atomic E-state index is -3.61. The van der Waals surface area contributed by atoms with Gasteiger partial charge in [-0.2, -0.15) is 10.2 Å². The second-order valence-corrected chi connectivity index (χ2v) is 24.9. The highest BCUT2D eigenvalue weighted by atomic mass is 32.2. The first-order valence-electron chi connectivity index (χ1n) is 26.3. The van der Waals surface area contributed by atoms with Crippen LogP contribution in [-0.2, 0) is 57.8 Å². The summed E-state index contributed by atoms with van der Waals surface area (Å²) >= 11 is 0. The SMILES string of the molecule is CC1=Nc2c(Nc3ccc(-c4nn(C)cc4C)cc3S(C)(=O)=O)cc(Cc3cnc(C)c(C)n3)nc2C1.Cc1cn(C)nc1-c1ccc(Nc2cc(Cc3cnc(C)c(C)n3)nc3c2nc(C)n3C2CCCCO2)c(S(C)(=O)=O)c1. The molecule has 2 N–H and O–H groups in total. The number of anilines is 4. The topological polar surface area (TPSA) is 245 Å². The van der Waals surface area contributed by atoms with E-state index in [4.69, 9.17) is 29.7 Å². The van der Waals surface area contributed by atoms with Crippen molar-refractivity contribution in [2.45, 2.75) is 110 Å². The quantitative estimate of drug-likeness (QED) is 0.109. The monoisotopic (exact) mass is 1120 g/mol. The van der Waals surface area contributed by atoms with Crippen LogP contribution in [0.1, 0.15) is 101 Å². The number of sulfone groups is 2. The molecule has 0 aliphatic carbocycles. The van der Waals surface area contributed by atoms with Crippen LogP contribution in [0.3, 0.4) is 0 Å². The van der Waals surface area contributed by atoms with E-state index in [2.05, 4.69) is 40.3 Å². The van der Waals surface area contributed by atoms with Gasteiger partial charge in [0, 0.05) is 99.8 Å². The first-order chi connectivity index (χ1) is 37.9. The Morgan fingerprint density at radius 2 is 1.12 bits per heavy atom. The lowest BCUT2D eigenvalue weighted by Gasteiger charge is -2.25. The number of fused-ring (bicyclic) bond motifs is 2. The zero-order valence-corrected chi connectivity index (χ0v) is 48.8. The number of ether oxygens (including phenoxy) is 1. The number of imidazole rings is 1. The second-order valence-electron chi connectivity index (χ2n) is 21.0. The second kappa shape index (κ2) is 21.9. The largest absolute Gasteiger partial charge is 0.358 e. The molecule has 11 rings (SSSR count). The molecule has 0 spiro atoms. The molecule has 2 aromatic carbocycles. The number of nitrogens with one attached hydrogen (secondary N) is 2. The number of aryl methyl sites for hydroxylation is 9. The van der Waals surface area contributed by atoms with Crippen LogP contribution in [0.25, 0.3) is 33.7 Å². The molecule has 9 aromatic rings. The van der Waals surface area contributed by atoms with Crippen LogP contribution in [-0.4, -0.2) is 101 Å². The van der Waals surface area contributed by atoms with Crippen molar-refractivity contribution in [3.05, 3.63) is 142 Å². The van der Waals surface area contributed by atoms with E-state index < -0.39 is 19.7 Å². The number of aliphatic imine (C=N–C) groups is 1. The average molecular weight is 1120 g/mol. The Bertz CT molecular complexity index is 4180. The van der Waals surface area contributed by atoms with Crippen LogP contribution < -0.4 is 10.6 Å². The van der Waals surface area contributed by atoms with Crippen LogP contribution in [0.2, 0.25) is 0 Å². The Balaban J connectivity index is 0.000000182. The summed E-state index contributed by atoms with van der Waals surface area (Å²) in [6, 6.07) is 14.5. The Morgan fingerprint density at radius 1 is 0.600 bits per heavy atom. The van der Waals surface area contributed by atoms with Gasteiger partial charge in [-0.15, -0.1) is 0 Å². The Morgan fingerprint density at radius 3 is 1.61 bits per heavy atom. The molecule has 0 radical (unpaired) electrons. The molecule has 7 aromatic heterocycles. The van der Waals surface area contributed by atoms with Gasteiger partial charge in [0.15, 0.2) is 25.3 Å². The third-order valence-corrected chi connectivity index (χ3v) is 16.5. The van der Waals surface area contributed by atoms with Gasteiger partial charge in [0.1, 0.15) is 23.3 Å². The van der Waals surface area contributed by atoms with Crippen molar-refractivity contribution in [1.29, 1.82) is 0 Å². The third kappa shape index (κ3) is 11.8. The van der Waals surface area contributed by atoms with Crippen LogP contribution in [0, 0.1) is 48.5 Å².